The van der Waals surface area contributed by atoms with E-state index in [-0.39, 0.29) is 45.5 Å². The number of benzene rings is 4. The van der Waals surface area contributed by atoms with Gasteiger partial charge in [-0.2, -0.15) is 10.5 Å². The van der Waals surface area contributed by atoms with Crippen molar-refractivity contribution in [3.63, 3.8) is 0 Å². The van der Waals surface area contributed by atoms with Crippen molar-refractivity contribution in [2.24, 2.45) is 10.3 Å². The van der Waals surface area contributed by atoms with Gasteiger partial charge in [-0.3, -0.25) is 0 Å². The summed E-state index contributed by atoms with van der Waals surface area (Å²) < 4.78 is 63.5. The second kappa shape index (κ2) is 28.0. The summed E-state index contributed by atoms with van der Waals surface area (Å²) in [5.74, 6) is -0.251. The second-order valence-corrected chi connectivity index (χ2v) is 26.1. The number of carbonyl (C=O) groups is 2. The molecule has 24 heteroatoms. The number of hydrogen-bond donors (Lipinski definition) is 6. The molecule has 4 aromatic rings. The fourth-order valence-corrected chi connectivity index (χ4v) is 14.4. The number of likely N-dealkylation sites (N-methyl/N-ethyl adjacent to an activating group) is 2. The topological polar surface area (TPSA) is 282 Å². The number of urea groups is 2. The molecular weight excluding hydrogens is 1130 g/mol. The largest absolute Gasteiger partial charge is 0.378 e. The second-order valence-electron chi connectivity index (χ2n) is 22.2. The first-order valence-corrected chi connectivity index (χ1v) is 31.8. The highest BCUT2D eigenvalue weighted by atomic mass is 35.5. The van der Waals surface area contributed by atoms with Gasteiger partial charge in [0.2, 0.25) is 20.0 Å². The van der Waals surface area contributed by atoms with Gasteiger partial charge in [0.1, 0.15) is 0 Å². The Morgan fingerprint density at radius 1 is 0.585 bits per heavy atom. The number of nitrogens with two attached hydrogens (primary N) is 2. The predicted molar refractivity (Wildman–Crippen MR) is 315 cm³/mol. The maximum Gasteiger partial charge on any atom is 0.314 e. The zero-order chi connectivity index (χ0) is 58.9. The fourth-order valence-electron chi connectivity index (χ4n) is 12.3. The fraction of sp³-hybridized carbons (Fsp3) is 0.517. The Morgan fingerprint density at radius 3 is 1.35 bits per heavy atom. The Kier molecular flexibility index (Phi) is 21.3. The number of halogens is 2. The van der Waals surface area contributed by atoms with Crippen molar-refractivity contribution in [2.45, 2.75) is 86.1 Å². The van der Waals surface area contributed by atoms with Crippen LogP contribution in [0.1, 0.15) is 116 Å². The maximum atomic E-state index is 13.0. The van der Waals surface area contributed by atoms with E-state index >= 15 is 0 Å². The Balaban J connectivity index is 0.670. The first-order valence-electron chi connectivity index (χ1n) is 27.9. The quantitative estimate of drug-likeness (QED) is 0.0501. The van der Waals surface area contributed by atoms with Crippen LogP contribution in [0.4, 0.5) is 9.59 Å². The molecule has 2 unspecified atom stereocenters. The summed E-state index contributed by atoms with van der Waals surface area (Å²) in [7, 11) is -4.10. The van der Waals surface area contributed by atoms with E-state index in [1.165, 1.54) is 0 Å². The molecular formula is C58H76Cl2N12O8S2. The molecule has 8 N–H and O–H groups in total. The molecule has 2 saturated heterocycles. The van der Waals surface area contributed by atoms with E-state index in [1.54, 1.807) is 24.3 Å². The number of nitrogens with zero attached hydrogens (tertiary/aromatic N) is 6. The van der Waals surface area contributed by atoms with Gasteiger partial charge in [0.15, 0.2) is 0 Å². The summed E-state index contributed by atoms with van der Waals surface area (Å²) >= 11 is 13.0. The van der Waals surface area contributed by atoms with Gasteiger partial charge in [0.25, 0.3) is 0 Å². The number of fused-ring (bicyclic) bond motifs is 2. The number of sulfonamides is 2. The third kappa shape index (κ3) is 15.8. The number of carbonyl (C=O) groups excluding carboxylic acids is 2. The molecule has 4 aromatic carbocycles. The molecule has 20 nitrogen and oxygen atoms in total. The Morgan fingerprint density at radius 2 is 0.976 bits per heavy atom. The van der Waals surface area contributed by atoms with E-state index in [0.29, 0.717) is 137 Å². The number of rotatable bonds is 23. The zero-order valence-corrected chi connectivity index (χ0v) is 50.3. The van der Waals surface area contributed by atoms with Gasteiger partial charge >= 0.3 is 12.1 Å². The summed E-state index contributed by atoms with van der Waals surface area (Å²) in [6.45, 7) is 13.6. The average Bonchev–Trinajstić information content (AvgIpc) is 4.18. The molecule has 0 spiro atoms. The van der Waals surface area contributed by atoms with Gasteiger partial charge in [0, 0.05) is 100 Å². The van der Waals surface area contributed by atoms with E-state index < -0.39 is 20.0 Å². The van der Waals surface area contributed by atoms with Crippen LogP contribution in [0.15, 0.2) is 58.3 Å². The lowest BCUT2D eigenvalue weighted by atomic mass is 9.81. The van der Waals surface area contributed by atoms with Crippen LogP contribution in [-0.4, -0.2) is 168 Å². The number of likely N-dealkylation sites (tertiary alicyclic amines) is 2. The monoisotopic (exact) mass is 1200 g/mol. The van der Waals surface area contributed by atoms with Crippen LogP contribution < -0.4 is 31.5 Å². The molecule has 4 aliphatic heterocycles. The minimum Gasteiger partial charge on any atom is -0.378 e. The molecule has 4 atom stereocenters. The number of amides is 4. The highest BCUT2D eigenvalue weighted by molar-refractivity contribution is 7.89. The van der Waals surface area contributed by atoms with Crippen molar-refractivity contribution in [1.82, 2.24) is 40.9 Å². The lowest BCUT2D eigenvalue weighted by molar-refractivity contribution is 0.113. The molecule has 4 heterocycles. The standard InChI is InChI=1S/C58H76Cl2N12O8S2/c1-37-47(23-41(25-55(37)81(63,75)76)51-33-69(3)35-53-43(29-61)21-45(59)27-49(51)53)39-7-13-71(31-39)15-19-79-17-11-67-57(73)65-9-5-6-10-66-58(74)68-12-18-80-20-16-72-14-8-40(32-72)48-24-42(26-56(38(48)2)82(64,77)78)52-34-70(4)36-54-44(30-62)22-46(60)28-50(52)54/h21-28,39-40,51-52H,5-20,31-36H2,1-4H3,(H2,63,75,76)(H2,64,77,78)(H2,65,67,73)(H2,66,68,74)/t39-,40-,51?,52?/m1/s1. The molecule has 4 aliphatic rings. The van der Waals surface area contributed by atoms with Gasteiger partial charge in [-0.15, -0.1) is 0 Å². The molecule has 442 valence electrons. The molecule has 0 bridgehead atoms. The van der Waals surface area contributed by atoms with E-state index in [9.17, 15) is 36.9 Å². The number of nitrogens with one attached hydrogen (secondary N) is 4. The summed E-state index contributed by atoms with van der Waals surface area (Å²) in [4.78, 5) is 33.8. The van der Waals surface area contributed by atoms with Gasteiger partial charge in [-0.05, 0) is 171 Å². The molecule has 4 amide bonds. The first-order chi connectivity index (χ1) is 39.1. The van der Waals surface area contributed by atoms with Crippen LogP contribution in [0, 0.1) is 36.5 Å². The van der Waals surface area contributed by atoms with E-state index in [2.05, 4.69) is 65.1 Å². The minimum absolute atomic E-state index is 0.0799. The lowest BCUT2D eigenvalue weighted by Gasteiger charge is -2.34. The molecule has 0 saturated carbocycles. The molecule has 0 aromatic heterocycles. The van der Waals surface area contributed by atoms with Crippen LogP contribution in [0.5, 0.6) is 0 Å². The van der Waals surface area contributed by atoms with E-state index in [0.717, 1.165) is 83.5 Å². The van der Waals surface area contributed by atoms with E-state index in [4.69, 9.17) is 43.0 Å². The minimum atomic E-state index is -4.03. The first kappa shape index (κ1) is 62.6. The van der Waals surface area contributed by atoms with Gasteiger partial charge in [-0.1, -0.05) is 35.3 Å². The van der Waals surface area contributed by atoms with Crippen molar-refractivity contribution in [1.29, 1.82) is 10.5 Å². The number of nitriles is 2. The number of primary sulfonamides is 2. The smallest absolute Gasteiger partial charge is 0.314 e. The number of ether oxygens (including phenoxy) is 2. The number of hydrogen-bond acceptors (Lipinski definition) is 14. The van der Waals surface area contributed by atoms with Crippen molar-refractivity contribution >= 4 is 55.3 Å². The Hall–Kier alpha value is -5.44. The summed E-state index contributed by atoms with van der Waals surface area (Å²) in [6.07, 6.45) is 3.01. The molecule has 0 radical (unpaired) electrons. The van der Waals surface area contributed by atoms with Gasteiger partial charge in [-0.25, -0.2) is 36.7 Å². The molecule has 82 heavy (non-hydrogen) atoms. The van der Waals surface area contributed by atoms with Crippen LogP contribution >= 0.6 is 23.2 Å². The summed E-state index contributed by atoms with van der Waals surface area (Å²) in [5.41, 5.74) is 9.51. The van der Waals surface area contributed by atoms with Crippen LogP contribution in [-0.2, 0) is 42.6 Å². The Labute approximate surface area is 492 Å². The van der Waals surface area contributed by atoms with Crippen molar-refractivity contribution in [3.8, 4) is 12.1 Å². The molecule has 2 fully saturated rings. The maximum absolute atomic E-state index is 13.0. The van der Waals surface area contributed by atoms with Crippen molar-refractivity contribution in [2.75, 3.05) is 119 Å². The third-order valence-corrected chi connectivity index (χ3v) is 18.9. The molecule has 8 rings (SSSR count). The van der Waals surface area contributed by atoms with Gasteiger partial charge in [0.05, 0.1) is 59.5 Å². The summed E-state index contributed by atoms with van der Waals surface area (Å²) in [5, 5.41) is 43.6. The Bertz CT molecular complexity index is 3100. The lowest BCUT2D eigenvalue weighted by Crippen LogP contribution is -2.39. The van der Waals surface area contributed by atoms with E-state index in [1.807, 2.05) is 40.1 Å². The van der Waals surface area contributed by atoms with Crippen LogP contribution in [0.3, 0.4) is 0 Å². The predicted octanol–water partition coefficient (Wildman–Crippen LogP) is 5.49. The number of unbranched alkanes of at least 4 members (excludes halogenated alkanes) is 1. The van der Waals surface area contributed by atoms with Gasteiger partial charge < -0.3 is 50.3 Å². The van der Waals surface area contributed by atoms with Crippen LogP contribution in [0.2, 0.25) is 10.0 Å². The third-order valence-electron chi connectivity index (χ3n) is 16.4. The highest BCUT2D eigenvalue weighted by Crippen LogP contribution is 2.43. The SMILES string of the molecule is Cc1c([C@@H]2CCN(CCOCCNC(=O)NCCCCNC(=O)NCCOCCN3CC[C@@H](c4cc(C5CN(C)Cc6c(C#N)cc(Cl)cc65)cc(S(N)(=O)=O)c4C)C3)C2)cc(C2CN(C)Cc3c(C#N)cc(Cl)cc32)cc1S(N)(=O)=O. The summed E-state index contributed by atoms with van der Waals surface area (Å²) in [6, 6.07) is 18.7. The normalized spacial score (nSPS) is 19.7. The van der Waals surface area contributed by atoms with Crippen molar-refractivity contribution in [3.05, 3.63) is 125 Å². The highest BCUT2D eigenvalue weighted by Gasteiger charge is 2.35. The van der Waals surface area contributed by atoms with Crippen molar-refractivity contribution < 1.29 is 35.9 Å². The molecule has 0 aliphatic carbocycles. The van der Waals surface area contributed by atoms with Crippen LogP contribution in [0.25, 0.3) is 0 Å². The average molecular weight is 1200 g/mol. The zero-order valence-electron chi connectivity index (χ0n) is 47.2.